The summed E-state index contributed by atoms with van der Waals surface area (Å²) in [5, 5.41) is 11.9. The summed E-state index contributed by atoms with van der Waals surface area (Å²) in [6, 6.07) is 0.0300. The van der Waals surface area contributed by atoms with Gasteiger partial charge in [-0.1, -0.05) is 65.7 Å². The van der Waals surface area contributed by atoms with E-state index in [1.807, 2.05) is 24.6 Å². The molecule has 0 aromatic carbocycles. The maximum atomic E-state index is 12.7. The van der Waals surface area contributed by atoms with Crippen LogP contribution >= 0.6 is 0 Å². The number of ether oxygens (including phenoxy) is 1. The van der Waals surface area contributed by atoms with Gasteiger partial charge in [0.25, 0.3) is 5.78 Å². The molecule has 256 valence electrons. The molecule has 2 saturated heterocycles. The van der Waals surface area contributed by atoms with Crippen molar-refractivity contribution in [1.29, 1.82) is 0 Å². The summed E-state index contributed by atoms with van der Waals surface area (Å²) in [4.78, 5) is 27.7. The lowest BCUT2D eigenvalue weighted by atomic mass is 9.93. The van der Waals surface area contributed by atoms with Gasteiger partial charge < -0.3 is 20.3 Å². The van der Waals surface area contributed by atoms with E-state index in [1.54, 1.807) is 7.11 Å². The Balaban J connectivity index is 0.00000235. The third-order valence-corrected chi connectivity index (χ3v) is 9.72. The Morgan fingerprint density at radius 1 is 1.13 bits per heavy atom. The van der Waals surface area contributed by atoms with Crippen LogP contribution in [0.2, 0.25) is 0 Å². The van der Waals surface area contributed by atoms with Gasteiger partial charge in [0, 0.05) is 70.8 Å². The highest BCUT2D eigenvalue weighted by Crippen LogP contribution is 2.38. The van der Waals surface area contributed by atoms with Crippen molar-refractivity contribution in [3.8, 4) is 0 Å². The van der Waals surface area contributed by atoms with E-state index in [1.165, 1.54) is 31.3 Å². The number of methoxy groups -OCH3 is 1. The number of anilines is 1. The highest BCUT2D eigenvalue weighted by molar-refractivity contribution is 5.79. The minimum Gasteiger partial charge on any atom is -0.383 e. The summed E-state index contributed by atoms with van der Waals surface area (Å²) in [7, 11) is 1.75. The standard InChI is InChI=1S/C34H54N8O2.C2H6/c1-6-24(2)9-7-11-29(36-26(4)21-25(3)27-12-13-27)31-23-42-34(37-31)38-32(41-17-15-40(16-18-41)19-20-44-5)30(39-42)22-28-10-8-14-35-33(28)43;1-2/h23-24,27-29,36H,3-4,6-22H2,1-2,5H3,(H,35,43);1-2H3/t24?,28-,29?;/m1./s1. The number of piperidine rings is 1. The normalized spacial score (nSPS) is 20.1. The van der Waals surface area contributed by atoms with E-state index in [4.69, 9.17) is 19.8 Å². The Bertz CT molecular complexity index is 1280. The number of rotatable bonds is 17. The molecule has 4 heterocycles. The van der Waals surface area contributed by atoms with Crippen LogP contribution in [0, 0.1) is 17.8 Å². The second kappa shape index (κ2) is 17.8. The Morgan fingerprint density at radius 3 is 2.57 bits per heavy atom. The fourth-order valence-corrected chi connectivity index (χ4v) is 6.46. The monoisotopic (exact) mass is 636 g/mol. The topological polar surface area (TPSA) is 99.9 Å². The molecule has 1 aliphatic carbocycles. The summed E-state index contributed by atoms with van der Waals surface area (Å²) in [6.45, 7) is 23.3. The van der Waals surface area contributed by atoms with Gasteiger partial charge in [-0.05, 0) is 43.9 Å². The van der Waals surface area contributed by atoms with Crippen molar-refractivity contribution >= 4 is 17.5 Å². The third-order valence-electron chi connectivity index (χ3n) is 9.72. The summed E-state index contributed by atoms with van der Waals surface area (Å²) < 4.78 is 7.13. The highest BCUT2D eigenvalue weighted by Gasteiger charge is 2.29. The van der Waals surface area contributed by atoms with Gasteiger partial charge in [-0.15, -0.1) is 0 Å². The molecule has 0 radical (unpaired) electrons. The first-order valence-electron chi connectivity index (χ1n) is 18.0. The van der Waals surface area contributed by atoms with Crippen LogP contribution in [-0.4, -0.2) is 83.4 Å². The predicted molar refractivity (Wildman–Crippen MR) is 187 cm³/mol. The van der Waals surface area contributed by atoms with E-state index in [-0.39, 0.29) is 17.9 Å². The molecule has 2 aromatic rings. The van der Waals surface area contributed by atoms with Crippen molar-refractivity contribution in [2.75, 3.05) is 57.9 Å². The van der Waals surface area contributed by atoms with Crippen molar-refractivity contribution < 1.29 is 9.53 Å². The maximum Gasteiger partial charge on any atom is 0.252 e. The summed E-state index contributed by atoms with van der Waals surface area (Å²) in [5.41, 5.74) is 4.10. The fraction of sp³-hybridized carbons (Fsp3) is 0.722. The van der Waals surface area contributed by atoms with Crippen LogP contribution in [0.5, 0.6) is 0 Å². The van der Waals surface area contributed by atoms with Gasteiger partial charge in [-0.3, -0.25) is 9.69 Å². The summed E-state index contributed by atoms with van der Waals surface area (Å²) in [6.07, 6.45) is 12.3. The van der Waals surface area contributed by atoms with Crippen LogP contribution in [0.15, 0.2) is 30.6 Å². The van der Waals surface area contributed by atoms with Crippen LogP contribution in [0.1, 0.15) is 103 Å². The van der Waals surface area contributed by atoms with Gasteiger partial charge >= 0.3 is 0 Å². The first-order chi connectivity index (χ1) is 22.3. The maximum absolute atomic E-state index is 12.7. The van der Waals surface area contributed by atoms with Crippen LogP contribution in [0.25, 0.3) is 5.78 Å². The highest BCUT2D eigenvalue weighted by atomic mass is 16.5. The largest absolute Gasteiger partial charge is 0.383 e. The molecule has 2 N–H and O–H groups in total. The zero-order valence-corrected chi connectivity index (χ0v) is 29.3. The van der Waals surface area contributed by atoms with Gasteiger partial charge in [0.2, 0.25) is 5.91 Å². The predicted octanol–water partition coefficient (Wildman–Crippen LogP) is 5.70. The van der Waals surface area contributed by atoms with E-state index in [9.17, 15) is 4.79 Å². The Labute approximate surface area is 277 Å². The SMILES string of the molecule is C=C(CC(=C)C1CC1)NC(CCCC(C)CC)c1cn2nc(C[C@H]3CCCNC3=O)c(N3CCN(CCOC)CC3)nc2n1.CC. The molecule has 3 fully saturated rings. The van der Waals surface area contributed by atoms with Gasteiger partial charge in [0.1, 0.15) is 5.69 Å². The minimum absolute atomic E-state index is 0.0300. The first-order valence-corrected chi connectivity index (χ1v) is 18.0. The van der Waals surface area contributed by atoms with Crippen LogP contribution in [0.4, 0.5) is 5.82 Å². The molecular formula is C36H60N8O2. The number of hydrogen-bond acceptors (Lipinski definition) is 8. The number of hydrogen-bond donors (Lipinski definition) is 2. The van der Waals surface area contributed by atoms with Crippen molar-refractivity contribution in [1.82, 2.24) is 35.1 Å². The molecule has 2 aromatic heterocycles. The molecule has 1 saturated carbocycles. The molecular weight excluding hydrogens is 576 g/mol. The molecule has 3 atom stereocenters. The number of piperazine rings is 1. The molecule has 5 rings (SSSR count). The Morgan fingerprint density at radius 2 is 1.89 bits per heavy atom. The molecule has 0 bridgehead atoms. The zero-order valence-electron chi connectivity index (χ0n) is 29.3. The summed E-state index contributed by atoms with van der Waals surface area (Å²) >= 11 is 0. The second-order valence-corrected chi connectivity index (χ2v) is 13.3. The number of allylic oxidation sites excluding steroid dienone is 1. The first kappa shape index (κ1) is 35.9. The lowest BCUT2D eigenvalue weighted by Crippen LogP contribution is -2.48. The Kier molecular flexibility index (Phi) is 13.9. The van der Waals surface area contributed by atoms with Crippen molar-refractivity contribution in [2.45, 2.75) is 97.9 Å². The number of nitrogens with zero attached hydrogens (tertiary/aromatic N) is 6. The van der Waals surface area contributed by atoms with E-state index in [0.29, 0.717) is 24.0 Å². The zero-order chi connectivity index (χ0) is 33.1. The van der Waals surface area contributed by atoms with Crippen LogP contribution in [-0.2, 0) is 16.0 Å². The third kappa shape index (κ3) is 10.0. The average molecular weight is 637 g/mol. The number of carbonyl (C=O) groups is 1. The lowest BCUT2D eigenvalue weighted by Gasteiger charge is -2.36. The van der Waals surface area contributed by atoms with Gasteiger partial charge in [0.15, 0.2) is 5.82 Å². The van der Waals surface area contributed by atoms with Gasteiger partial charge in [-0.25, -0.2) is 9.50 Å². The lowest BCUT2D eigenvalue weighted by molar-refractivity contribution is -0.126. The average Bonchev–Trinajstić information content (AvgIpc) is 3.85. The van der Waals surface area contributed by atoms with E-state index >= 15 is 0 Å². The number of fused-ring (bicyclic) bond motifs is 1. The van der Waals surface area contributed by atoms with E-state index in [0.717, 1.165) is 101 Å². The van der Waals surface area contributed by atoms with E-state index in [2.05, 4.69) is 47.4 Å². The molecule has 10 heteroatoms. The second-order valence-electron chi connectivity index (χ2n) is 13.3. The van der Waals surface area contributed by atoms with Crippen LogP contribution in [0.3, 0.4) is 0 Å². The van der Waals surface area contributed by atoms with E-state index < -0.39 is 0 Å². The molecule has 46 heavy (non-hydrogen) atoms. The fourth-order valence-electron chi connectivity index (χ4n) is 6.46. The van der Waals surface area contributed by atoms with Crippen LogP contribution < -0.4 is 15.5 Å². The number of aromatic nitrogens is 4. The number of nitrogens with one attached hydrogen (secondary N) is 2. The van der Waals surface area contributed by atoms with Crippen molar-refractivity contribution in [3.63, 3.8) is 0 Å². The minimum atomic E-state index is -0.0851. The summed E-state index contributed by atoms with van der Waals surface area (Å²) in [5.74, 6) is 2.87. The molecule has 2 aliphatic heterocycles. The smallest absolute Gasteiger partial charge is 0.252 e. The molecule has 1 amide bonds. The quantitative estimate of drug-likeness (QED) is 0.213. The van der Waals surface area contributed by atoms with Gasteiger partial charge in [0.05, 0.1) is 24.5 Å². The number of imidazole rings is 1. The van der Waals surface area contributed by atoms with Crippen molar-refractivity contribution in [3.05, 3.63) is 42.0 Å². The van der Waals surface area contributed by atoms with Gasteiger partial charge in [-0.2, -0.15) is 10.1 Å². The molecule has 0 spiro atoms. The van der Waals surface area contributed by atoms with Crippen molar-refractivity contribution in [2.24, 2.45) is 17.8 Å². The number of amides is 1. The number of carbonyl (C=O) groups excluding carboxylic acids is 1. The Hall–Kier alpha value is -2.98. The molecule has 10 nitrogen and oxygen atoms in total. The molecule has 3 aliphatic rings. The molecule has 2 unspecified atom stereocenters.